The Morgan fingerprint density at radius 3 is 2.75 bits per heavy atom. The Bertz CT molecular complexity index is 477. The second-order valence-corrected chi connectivity index (χ2v) is 4.94. The lowest BCUT2D eigenvalue weighted by atomic mass is 10.4. The molecule has 0 saturated carbocycles. The molecule has 2 amide bonds. The fourth-order valence-corrected chi connectivity index (χ4v) is 2.36. The quantitative estimate of drug-likeness (QED) is 0.568. The average Bonchev–Trinajstić information content (AvgIpc) is 2.76. The van der Waals surface area contributed by atoms with Crippen LogP contribution >= 0.6 is 11.3 Å². The molecule has 0 atom stereocenters. The van der Waals surface area contributed by atoms with E-state index in [9.17, 15) is 9.59 Å². The minimum atomic E-state index is -0.568. The van der Waals surface area contributed by atoms with Crippen molar-refractivity contribution in [3.05, 3.63) is 4.88 Å². The zero-order valence-electron chi connectivity index (χ0n) is 11.5. The van der Waals surface area contributed by atoms with Gasteiger partial charge in [0.15, 0.2) is 5.13 Å². The van der Waals surface area contributed by atoms with E-state index in [1.165, 1.54) is 4.90 Å². The number of likely N-dealkylation sites (N-methyl/N-ethyl adjacent to an activating group) is 1. The van der Waals surface area contributed by atoms with Crippen molar-refractivity contribution in [2.45, 2.75) is 6.92 Å². The summed E-state index contributed by atoms with van der Waals surface area (Å²) in [6.07, 6.45) is 0. The second-order valence-electron chi connectivity index (χ2n) is 3.94. The number of primary amides is 1. The third-order valence-electron chi connectivity index (χ3n) is 2.45. The number of carbonyl (C=O) groups excluding carboxylic acids is 2. The lowest BCUT2D eigenvalue weighted by Crippen LogP contribution is -2.38. The number of thiazole rings is 1. The van der Waals surface area contributed by atoms with Gasteiger partial charge in [0.05, 0.1) is 13.2 Å². The Morgan fingerprint density at radius 2 is 2.20 bits per heavy atom. The molecule has 5 N–H and O–H groups in total. The second kappa shape index (κ2) is 7.65. The predicted octanol–water partition coefficient (Wildman–Crippen LogP) is -0.269. The molecule has 112 valence electrons. The zero-order chi connectivity index (χ0) is 15.1. The lowest BCUT2D eigenvalue weighted by Gasteiger charge is -2.17. The summed E-state index contributed by atoms with van der Waals surface area (Å²) in [5, 5.41) is 3.54. The molecule has 0 spiro atoms. The number of rotatable bonds is 8. The summed E-state index contributed by atoms with van der Waals surface area (Å²) >= 11 is 1.14. The molecule has 0 unspecified atom stereocenters. The average molecular weight is 301 g/mol. The van der Waals surface area contributed by atoms with Gasteiger partial charge in [-0.3, -0.25) is 9.59 Å². The molecule has 1 aromatic rings. The minimum absolute atomic E-state index is 0.140. The van der Waals surface area contributed by atoms with Crippen molar-refractivity contribution in [3.8, 4) is 0 Å². The zero-order valence-corrected chi connectivity index (χ0v) is 12.3. The number of hydrogen-bond donors (Lipinski definition) is 3. The maximum Gasteiger partial charge on any atom is 0.268 e. The van der Waals surface area contributed by atoms with Crippen LogP contribution in [0.5, 0.6) is 0 Å². The number of nitrogen functional groups attached to an aromatic ring is 1. The van der Waals surface area contributed by atoms with Gasteiger partial charge in [-0.05, 0) is 6.92 Å². The van der Waals surface area contributed by atoms with Gasteiger partial charge < -0.3 is 26.4 Å². The first-order valence-corrected chi connectivity index (χ1v) is 6.87. The van der Waals surface area contributed by atoms with E-state index >= 15 is 0 Å². The summed E-state index contributed by atoms with van der Waals surface area (Å²) in [7, 11) is 1.59. The molecule has 0 radical (unpaired) electrons. The first-order valence-electron chi connectivity index (χ1n) is 6.06. The van der Waals surface area contributed by atoms with E-state index in [0.29, 0.717) is 29.7 Å². The Balaban J connectivity index is 2.78. The summed E-state index contributed by atoms with van der Waals surface area (Å²) < 4.78 is 4.90. The van der Waals surface area contributed by atoms with Crippen molar-refractivity contribution in [1.29, 1.82) is 0 Å². The molecule has 20 heavy (non-hydrogen) atoms. The standard InChI is InChI=1S/C11H19N5O3S/c1-3-16(6-7(12)17)10(18)8-9(13)15-11(20-8)14-4-5-19-2/h3-6,13H2,1-2H3,(H2,12,17)(H,14,15). The molecule has 1 heterocycles. The molecular formula is C11H19N5O3S. The highest BCUT2D eigenvalue weighted by Crippen LogP contribution is 2.26. The Morgan fingerprint density at radius 1 is 1.50 bits per heavy atom. The van der Waals surface area contributed by atoms with Crippen molar-refractivity contribution in [1.82, 2.24) is 9.88 Å². The number of amides is 2. The molecule has 1 aromatic heterocycles. The van der Waals surface area contributed by atoms with Crippen LogP contribution < -0.4 is 16.8 Å². The molecule has 8 nitrogen and oxygen atoms in total. The van der Waals surface area contributed by atoms with Gasteiger partial charge in [0.25, 0.3) is 5.91 Å². The number of hydrogen-bond acceptors (Lipinski definition) is 7. The molecule has 9 heteroatoms. The van der Waals surface area contributed by atoms with E-state index in [2.05, 4.69) is 10.3 Å². The molecule has 0 aliphatic carbocycles. The van der Waals surface area contributed by atoms with Crippen LogP contribution in [0.25, 0.3) is 0 Å². The minimum Gasteiger partial charge on any atom is -0.383 e. The summed E-state index contributed by atoms with van der Waals surface area (Å²) in [6.45, 7) is 3.07. The van der Waals surface area contributed by atoms with Crippen molar-refractivity contribution >= 4 is 34.1 Å². The van der Waals surface area contributed by atoms with Gasteiger partial charge in [0, 0.05) is 20.2 Å². The van der Waals surface area contributed by atoms with Gasteiger partial charge in [-0.15, -0.1) is 0 Å². The highest BCUT2D eigenvalue weighted by Gasteiger charge is 2.22. The maximum atomic E-state index is 12.2. The van der Waals surface area contributed by atoms with E-state index in [1.54, 1.807) is 14.0 Å². The van der Waals surface area contributed by atoms with Crippen LogP contribution in [-0.2, 0) is 9.53 Å². The molecule has 0 bridgehead atoms. The Hall–Kier alpha value is -1.87. The number of nitrogens with one attached hydrogen (secondary N) is 1. The molecule has 0 saturated heterocycles. The largest absolute Gasteiger partial charge is 0.383 e. The first kappa shape index (κ1) is 16.2. The summed E-state index contributed by atoms with van der Waals surface area (Å²) in [5.74, 6) is -0.773. The fourth-order valence-electron chi connectivity index (χ4n) is 1.48. The highest BCUT2D eigenvalue weighted by molar-refractivity contribution is 7.18. The van der Waals surface area contributed by atoms with Crippen molar-refractivity contribution in [2.75, 3.05) is 44.4 Å². The van der Waals surface area contributed by atoms with E-state index < -0.39 is 5.91 Å². The SMILES string of the molecule is CCN(CC(N)=O)C(=O)c1sc(NCCOC)nc1N. The van der Waals surface area contributed by atoms with Gasteiger partial charge in [-0.25, -0.2) is 4.98 Å². The van der Waals surface area contributed by atoms with Crippen LogP contribution in [-0.4, -0.2) is 55.0 Å². The van der Waals surface area contributed by atoms with Gasteiger partial charge in [-0.1, -0.05) is 11.3 Å². The number of methoxy groups -OCH3 is 1. The van der Waals surface area contributed by atoms with Crippen LogP contribution in [0.3, 0.4) is 0 Å². The van der Waals surface area contributed by atoms with E-state index in [-0.39, 0.29) is 18.3 Å². The normalized spacial score (nSPS) is 10.3. The Labute approximate surface area is 121 Å². The summed E-state index contributed by atoms with van der Waals surface area (Å²) in [4.78, 5) is 28.8. The molecule has 0 aliphatic rings. The maximum absolute atomic E-state index is 12.2. The number of nitrogens with zero attached hydrogens (tertiary/aromatic N) is 2. The predicted molar refractivity (Wildman–Crippen MR) is 77.7 cm³/mol. The number of carbonyl (C=O) groups is 2. The van der Waals surface area contributed by atoms with Crippen LogP contribution in [0.15, 0.2) is 0 Å². The summed E-state index contributed by atoms with van der Waals surface area (Å²) in [5.41, 5.74) is 10.8. The van der Waals surface area contributed by atoms with E-state index in [4.69, 9.17) is 16.2 Å². The monoisotopic (exact) mass is 301 g/mol. The lowest BCUT2D eigenvalue weighted by molar-refractivity contribution is -0.118. The van der Waals surface area contributed by atoms with Crippen LogP contribution in [0.4, 0.5) is 10.9 Å². The molecule has 0 aromatic carbocycles. The van der Waals surface area contributed by atoms with Gasteiger partial charge in [0.2, 0.25) is 5.91 Å². The molecule has 0 fully saturated rings. The topological polar surface area (TPSA) is 124 Å². The smallest absolute Gasteiger partial charge is 0.268 e. The third-order valence-corrected chi connectivity index (χ3v) is 3.46. The third kappa shape index (κ3) is 4.35. The highest BCUT2D eigenvalue weighted by atomic mass is 32.1. The van der Waals surface area contributed by atoms with E-state index in [0.717, 1.165) is 11.3 Å². The van der Waals surface area contributed by atoms with Crippen LogP contribution in [0, 0.1) is 0 Å². The van der Waals surface area contributed by atoms with Crippen LogP contribution in [0.1, 0.15) is 16.6 Å². The van der Waals surface area contributed by atoms with Gasteiger partial charge in [0.1, 0.15) is 10.7 Å². The fraction of sp³-hybridized carbons (Fsp3) is 0.545. The Kier molecular flexibility index (Phi) is 6.19. The van der Waals surface area contributed by atoms with Gasteiger partial charge in [-0.2, -0.15) is 0 Å². The van der Waals surface area contributed by atoms with Crippen molar-refractivity contribution in [3.63, 3.8) is 0 Å². The number of aromatic nitrogens is 1. The molecule has 0 aliphatic heterocycles. The molecule has 1 rings (SSSR count). The summed E-state index contributed by atoms with van der Waals surface area (Å²) in [6, 6.07) is 0. The van der Waals surface area contributed by atoms with Gasteiger partial charge >= 0.3 is 0 Å². The number of ether oxygens (including phenoxy) is 1. The number of nitrogens with two attached hydrogens (primary N) is 2. The number of anilines is 2. The first-order chi connectivity index (χ1) is 9.49. The molecular weight excluding hydrogens is 282 g/mol. The van der Waals surface area contributed by atoms with E-state index in [1.807, 2.05) is 0 Å². The van der Waals surface area contributed by atoms with Crippen molar-refractivity contribution < 1.29 is 14.3 Å². The van der Waals surface area contributed by atoms with Crippen LogP contribution in [0.2, 0.25) is 0 Å². The van der Waals surface area contributed by atoms with Crippen molar-refractivity contribution in [2.24, 2.45) is 5.73 Å².